The molecule has 1 rings (SSSR count). The highest BCUT2D eigenvalue weighted by Crippen LogP contribution is 2.25. The van der Waals surface area contributed by atoms with Crippen LogP contribution in [0.3, 0.4) is 0 Å². The summed E-state index contributed by atoms with van der Waals surface area (Å²) < 4.78 is 40.2. The molecule has 114 valence electrons. The summed E-state index contributed by atoms with van der Waals surface area (Å²) in [5.41, 5.74) is 5.40. The van der Waals surface area contributed by atoms with Crippen LogP contribution in [-0.4, -0.2) is 30.0 Å². The number of para-hydroxylation sites is 1. The van der Waals surface area contributed by atoms with Crippen molar-refractivity contribution in [1.82, 2.24) is 5.32 Å². The molecule has 20 heavy (non-hydrogen) atoms. The summed E-state index contributed by atoms with van der Waals surface area (Å²) in [6.45, 7) is -0.731. The van der Waals surface area contributed by atoms with E-state index in [2.05, 4.69) is 10.1 Å². The predicted octanol–water partition coefficient (Wildman–Crippen LogP) is 0.943. The van der Waals surface area contributed by atoms with Gasteiger partial charge in [-0.1, -0.05) is 18.2 Å². The van der Waals surface area contributed by atoms with Gasteiger partial charge in [-0.25, -0.2) is 0 Å². The normalized spacial score (nSPS) is 12.2. The molecule has 5 nitrogen and oxygen atoms in total. The standard InChI is InChI=1S/C11H13F3N2O3.ClH/c12-11(13,14)19-9-4-2-1-3-7(9)5-16-10(18)8(15)6-17;/h1-4,8,17H,5-6,15H2,(H,16,18);1H/t8-;/m1./s1. The first-order valence-electron chi connectivity index (χ1n) is 5.31. The van der Waals surface area contributed by atoms with Crippen LogP contribution < -0.4 is 15.8 Å². The zero-order valence-corrected chi connectivity index (χ0v) is 11.0. The van der Waals surface area contributed by atoms with Crippen molar-refractivity contribution in [2.45, 2.75) is 18.9 Å². The molecule has 0 fully saturated rings. The summed E-state index contributed by atoms with van der Waals surface area (Å²) in [7, 11) is 0. The first kappa shape index (κ1) is 18.5. The number of ether oxygens (including phenoxy) is 1. The Labute approximate surface area is 119 Å². The smallest absolute Gasteiger partial charge is 0.405 e. The van der Waals surface area contributed by atoms with Gasteiger partial charge < -0.3 is 20.9 Å². The summed E-state index contributed by atoms with van der Waals surface area (Å²) in [6.07, 6.45) is -4.80. The number of amides is 1. The second kappa shape index (κ2) is 7.93. The first-order chi connectivity index (χ1) is 8.83. The van der Waals surface area contributed by atoms with E-state index in [1.54, 1.807) is 0 Å². The lowest BCUT2D eigenvalue weighted by atomic mass is 10.2. The molecule has 0 aliphatic heterocycles. The molecule has 0 aromatic heterocycles. The Morgan fingerprint density at radius 3 is 2.55 bits per heavy atom. The highest BCUT2D eigenvalue weighted by atomic mass is 35.5. The molecule has 0 saturated carbocycles. The van der Waals surface area contributed by atoms with E-state index < -0.39 is 30.7 Å². The molecular formula is C11H14ClF3N2O3. The Morgan fingerprint density at radius 1 is 1.40 bits per heavy atom. The van der Waals surface area contributed by atoms with Crippen molar-refractivity contribution in [1.29, 1.82) is 0 Å². The zero-order valence-electron chi connectivity index (χ0n) is 10.2. The minimum Gasteiger partial charge on any atom is -0.405 e. The second-order valence-corrected chi connectivity index (χ2v) is 3.66. The Balaban J connectivity index is 0.00000361. The molecule has 0 spiro atoms. The Kier molecular flexibility index (Phi) is 7.33. The third kappa shape index (κ3) is 6.09. The molecule has 4 N–H and O–H groups in total. The number of rotatable bonds is 5. The predicted molar refractivity (Wildman–Crippen MR) is 67.3 cm³/mol. The van der Waals surface area contributed by atoms with Gasteiger partial charge in [0.1, 0.15) is 11.8 Å². The topological polar surface area (TPSA) is 84.6 Å². The average molecular weight is 315 g/mol. The van der Waals surface area contributed by atoms with E-state index in [4.69, 9.17) is 10.8 Å². The number of carbonyl (C=O) groups excluding carboxylic acids is 1. The maximum atomic E-state index is 12.1. The molecule has 0 saturated heterocycles. The van der Waals surface area contributed by atoms with Crippen molar-refractivity contribution in [2.75, 3.05) is 6.61 Å². The van der Waals surface area contributed by atoms with E-state index in [1.165, 1.54) is 18.2 Å². The van der Waals surface area contributed by atoms with Gasteiger partial charge in [0.25, 0.3) is 0 Å². The highest BCUT2D eigenvalue weighted by Gasteiger charge is 2.32. The monoisotopic (exact) mass is 314 g/mol. The van der Waals surface area contributed by atoms with Crippen molar-refractivity contribution >= 4 is 18.3 Å². The quantitative estimate of drug-likeness (QED) is 0.755. The number of aliphatic hydroxyl groups excluding tert-OH is 1. The molecule has 0 bridgehead atoms. The lowest BCUT2D eigenvalue weighted by Gasteiger charge is -2.14. The Morgan fingerprint density at radius 2 is 2.00 bits per heavy atom. The molecule has 1 amide bonds. The molecule has 0 radical (unpaired) electrons. The van der Waals surface area contributed by atoms with Gasteiger partial charge in [0, 0.05) is 12.1 Å². The summed E-state index contributed by atoms with van der Waals surface area (Å²) in [5.74, 6) is -1.06. The minimum atomic E-state index is -4.80. The fourth-order valence-corrected chi connectivity index (χ4v) is 1.27. The van der Waals surface area contributed by atoms with Gasteiger partial charge in [0.2, 0.25) is 5.91 Å². The van der Waals surface area contributed by atoms with Crippen molar-refractivity contribution in [2.24, 2.45) is 5.73 Å². The van der Waals surface area contributed by atoms with Crippen molar-refractivity contribution < 1.29 is 27.8 Å². The van der Waals surface area contributed by atoms with Gasteiger partial charge in [0.15, 0.2) is 0 Å². The maximum Gasteiger partial charge on any atom is 0.573 e. The van der Waals surface area contributed by atoms with Gasteiger partial charge in [-0.15, -0.1) is 25.6 Å². The number of carbonyl (C=O) groups is 1. The third-order valence-electron chi connectivity index (χ3n) is 2.18. The van der Waals surface area contributed by atoms with Crippen LogP contribution in [0, 0.1) is 0 Å². The minimum absolute atomic E-state index is 0. The van der Waals surface area contributed by atoms with Crippen LogP contribution in [-0.2, 0) is 11.3 Å². The van der Waals surface area contributed by atoms with E-state index in [-0.39, 0.29) is 24.5 Å². The van der Waals surface area contributed by atoms with Gasteiger partial charge in [-0.3, -0.25) is 4.79 Å². The van der Waals surface area contributed by atoms with Crippen LogP contribution >= 0.6 is 12.4 Å². The van der Waals surface area contributed by atoms with E-state index in [0.29, 0.717) is 0 Å². The van der Waals surface area contributed by atoms with Gasteiger partial charge in [-0.05, 0) is 6.07 Å². The molecule has 0 aliphatic rings. The van der Waals surface area contributed by atoms with Gasteiger partial charge in [-0.2, -0.15) is 0 Å². The fraction of sp³-hybridized carbons (Fsp3) is 0.364. The third-order valence-corrected chi connectivity index (χ3v) is 2.18. The highest BCUT2D eigenvalue weighted by molar-refractivity contribution is 5.85. The largest absolute Gasteiger partial charge is 0.573 e. The number of nitrogens with one attached hydrogen (secondary N) is 1. The summed E-state index contributed by atoms with van der Waals surface area (Å²) in [5, 5.41) is 11.0. The van der Waals surface area contributed by atoms with Crippen molar-refractivity contribution in [3.05, 3.63) is 29.8 Å². The second-order valence-electron chi connectivity index (χ2n) is 3.66. The number of hydrogen-bond donors (Lipinski definition) is 3. The molecular weight excluding hydrogens is 301 g/mol. The molecule has 0 unspecified atom stereocenters. The first-order valence-corrected chi connectivity index (χ1v) is 5.31. The Hall–Kier alpha value is -1.51. The Bertz CT molecular complexity index is 443. The summed E-state index contributed by atoms with van der Waals surface area (Å²) in [6, 6.07) is 4.30. The maximum absolute atomic E-state index is 12.1. The SMILES string of the molecule is Cl.N[C@H](CO)C(=O)NCc1ccccc1OC(F)(F)F. The van der Waals surface area contributed by atoms with Gasteiger partial charge >= 0.3 is 6.36 Å². The number of alkyl halides is 3. The van der Waals surface area contributed by atoms with Crippen molar-refractivity contribution in [3.8, 4) is 5.75 Å². The number of nitrogens with two attached hydrogens (primary N) is 1. The number of halogens is 4. The van der Waals surface area contributed by atoms with Crippen molar-refractivity contribution in [3.63, 3.8) is 0 Å². The molecule has 9 heteroatoms. The van der Waals surface area contributed by atoms with E-state index in [1.807, 2.05) is 0 Å². The van der Waals surface area contributed by atoms with Crippen LogP contribution in [0.5, 0.6) is 5.75 Å². The van der Waals surface area contributed by atoms with Crippen LogP contribution in [0.2, 0.25) is 0 Å². The van der Waals surface area contributed by atoms with Crippen LogP contribution in [0.25, 0.3) is 0 Å². The lowest BCUT2D eigenvalue weighted by Crippen LogP contribution is -2.42. The molecule has 0 heterocycles. The summed E-state index contributed by atoms with van der Waals surface area (Å²) in [4.78, 5) is 11.3. The van der Waals surface area contributed by atoms with E-state index in [0.717, 1.165) is 6.07 Å². The van der Waals surface area contributed by atoms with E-state index >= 15 is 0 Å². The number of aliphatic hydroxyl groups is 1. The zero-order chi connectivity index (χ0) is 14.5. The lowest BCUT2D eigenvalue weighted by molar-refractivity contribution is -0.274. The fourth-order valence-electron chi connectivity index (χ4n) is 1.27. The molecule has 1 atom stereocenters. The number of hydrogen-bond acceptors (Lipinski definition) is 4. The van der Waals surface area contributed by atoms with Crippen LogP contribution in [0.4, 0.5) is 13.2 Å². The summed E-state index contributed by atoms with van der Waals surface area (Å²) >= 11 is 0. The van der Waals surface area contributed by atoms with E-state index in [9.17, 15) is 18.0 Å². The number of benzene rings is 1. The van der Waals surface area contributed by atoms with Crippen LogP contribution in [0.1, 0.15) is 5.56 Å². The van der Waals surface area contributed by atoms with Gasteiger partial charge in [0.05, 0.1) is 6.61 Å². The van der Waals surface area contributed by atoms with Crippen LogP contribution in [0.15, 0.2) is 24.3 Å². The average Bonchev–Trinajstić information content (AvgIpc) is 2.34. The molecule has 1 aromatic carbocycles. The molecule has 1 aromatic rings. The molecule has 0 aliphatic carbocycles.